The fourth-order valence-electron chi connectivity index (χ4n) is 3.84. The van der Waals surface area contributed by atoms with Gasteiger partial charge >= 0.3 is 0 Å². The van der Waals surface area contributed by atoms with Crippen LogP contribution in [0, 0.1) is 18.3 Å². The first-order valence-corrected chi connectivity index (χ1v) is 10.0. The van der Waals surface area contributed by atoms with Crippen molar-refractivity contribution >= 4 is 10.0 Å². The van der Waals surface area contributed by atoms with E-state index < -0.39 is 10.0 Å². The lowest BCUT2D eigenvalue weighted by atomic mass is 9.77. The summed E-state index contributed by atoms with van der Waals surface area (Å²) in [5.74, 6) is 1.12. The molecule has 1 aliphatic heterocycles. The first-order valence-electron chi connectivity index (χ1n) is 8.58. The molecule has 1 unspecified atom stereocenters. The van der Waals surface area contributed by atoms with Crippen LogP contribution in [0.5, 0.6) is 0 Å². The highest BCUT2D eigenvalue weighted by Crippen LogP contribution is 2.35. The fraction of sp³-hybridized carbons (Fsp3) is 0.647. The zero-order valence-electron chi connectivity index (χ0n) is 13.5. The summed E-state index contributed by atoms with van der Waals surface area (Å²) in [7, 11) is -3.53. The highest BCUT2D eigenvalue weighted by Gasteiger charge is 2.34. The topological polar surface area (TPSA) is 76.3 Å². The van der Waals surface area contributed by atoms with Crippen molar-refractivity contribution in [2.24, 2.45) is 17.6 Å². The second-order valence-corrected chi connectivity index (χ2v) is 8.60. The lowest BCUT2D eigenvalue weighted by molar-refractivity contribution is 0.188. The number of piperidine rings is 1. The normalized spacial score (nSPS) is 24.7. The molecular weight excluding hydrogens is 310 g/mol. The Balaban J connectivity index is 1.76. The van der Waals surface area contributed by atoms with Gasteiger partial charge in [0.15, 0.2) is 5.03 Å². The average molecular weight is 336 g/mol. The zero-order valence-corrected chi connectivity index (χ0v) is 14.3. The van der Waals surface area contributed by atoms with Crippen LogP contribution in [-0.2, 0) is 16.6 Å². The quantitative estimate of drug-likeness (QED) is 0.915. The number of aromatic nitrogens is 1. The molecule has 3 rings (SSSR count). The van der Waals surface area contributed by atoms with Gasteiger partial charge in [0, 0.05) is 25.8 Å². The molecule has 5 nitrogen and oxygen atoms in total. The summed E-state index contributed by atoms with van der Waals surface area (Å²) < 4.78 is 27.4. The van der Waals surface area contributed by atoms with Crippen molar-refractivity contribution in [1.82, 2.24) is 9.29 Å². The number of pyridine rings is 1. The molecule has 2 fully saturated rings. The maximum Gasteiger partial charge on any atom is 0.260 e. The molecular formula is C17H26N3O2S. The largest absolute Gasteiger partial charge is 0.326 e. The number of sulfonamides is 1. The lowest BCUT2D eigenvalue weighted by Gasteiger charge is -2.37. The molecule has 1 radical (unpaired) electrons. The summed E-state index contributed by atoms with van der Waals surface area (Å²) in [6.45, 7) is 1.43. The van der Waals surface area contributed by atoms with Crippen LogP contribution in [-0.4, -0.2) is 30.8 Å². The summed E-state index contributed by atoms with van der Waals surface area (Å²) in [6, 6.07) is 3.35. The highest BCUT2D eigenvalue weighted by molar-refractivity contribution is 7.89. The fourth-order valence-corrected chi connectivity index (χ4v) is 5.29. The average Bonchev–Trinajstić information content (AvgIpc) is 2.62. The van der Waals surface area contributed by atoms with Gasteiger partial charge in [0.05, 0.1) is 0 Å². The minimum Gasteiger partial charge on any atom is -0.326 e. The van der Waals surface area contributed by atoms with Crippen molar-refractivity contribution in [1.29, 1.82) is 0 Å². The van der Waals surface area contributed by atoms with Crippen molar-refractivity contribution in [3.05, 3.63) is 30.3 Å². The Hall–Kier alpha value is -0.980. The van der Waals surface area contributed by atoms with Crippen LogP contribution in [0.2, 0.25) is 0 Å². The molecule has 1 aliphatic carbocycles. The second kappa shape index (κ2) is 7.28. The molecule has 127 valence electrons. The first kappa shape index (κ1) is 16.9. The molecule has 1 saturated carbocycles. The Kier molecular flexibility index (Phi) is 5.34. The predicted molar refractivity (Wildman–Crippen MR) is 89.9 cm³/mol. The number of hydrogen-bond acceptors (Lipinski definition) is 4. The molecule has 2 heterocycles. The third-order valence-electron chi connectivity index (χ3n) is 5.20. The molecule has 1 aromatic rings. The standard InChI is InChI=1S/C17H26N3O2S/c18-12-14-8-9-19-17(11-14)23(21,22)20-10-4-7-16(13-20)15-5-2-1-3-6-15/h4,8-9,11,15-16H,1-3,5-7,10,12-13,18H2. The van der Waals surface area contributed by atoms with E-state index in [0.717, 1.165) is 12.0 Å². The van der Waals surface area contributed by atoms with Crippen LogP contribution in [0.4, 0.5) is 0 Å². The molecule has 0 amide bonds. The Bertz CT molecular complexity index is 626. The van der Waals surface area contributed by atoms with Gasteiger partial charge in [-0.05, 0) is 42.4 Å². The maximum absolute atomic E-state index is 12.9. The molecule has 0 spiro atoms. The van der Waals surface area contributed by atoms with Crippen LogP contribution in [0.15, 0.2) is 23.4 Å². The third-order valence-corrected chi connectivity index (χ3v) is 6.93. The van der Waals surface area contributed by atoms with E-state index in [1.165, 1.54) is 38.3 Å². The highest BCUT2D eigenvalue weighted by atomic mass is 32.2. The van der Waals surface area contributed by atoms with E-state index >= 15 is 0 Å². The molecule has 1 aromatic heterocycles. The van der Waals surface area contributed by atoms with Crippen LogP contribution in [0.25, 0.3) is 0 Å². The summed E-state index contributed by atoms with van der Waals surface area (Å²) in [5, 5.41) is 0.123. The van der Waals surface area contributed by atoms with Gasteiger partial charge < -0.3 is 5.73 Å². The summed E-state index contributed by atoms with van der Waals surface area (Å²) in [6.07, 6.45) is 11.1. The van der Waals surface area contributed by atoms with E-state index in [0.29, 0.717) is 31.5 Å². The second-order valence-electron chi connectivity index (χ2n) is 6.71. The minimum absolute atomic E-state index is 0.123. The van der Waals surface area contributed by atoms with Crippen molar-refractivity contribution in [2.75, 3.05) is 13.1 Å². The van der Waals surface area contributed by atoms with E-state index in [-0.39, 0.29) is 5.03 Å². The SMILES string of the molecule is NCc1ccnc(S(=O)(=O)N2C[CH]CC(C3CCCCC3)C2)c1. The summed E-state index contributed by atoms with van der Waals surface area (Å²) in [4.78, 5) is 4.07. The van der Waals surface area contributed by atoms with Gasteiger partial charge in [0.1, 0.15) is 0 Å². The lowest BCUT2D eigenvalue weighted by Crippen LogP contribution is -2.42. The number of nitrogens with zero attached hydrogens (tertiary/aromatic N) is 2. The molecule has 23 heavy (non-hydrogen) atoms. The van der Waals surface area contributed by atoms with E-state index in [1.807, 2.05) is 0 Å². The van der Waals surface area contributed by atoms with Crippen molar-refractivity contribution in [3.8, 4) is 0 Å². The number of rotatable bonds is 4. The van der Waals surface area contributed by atoms with Gasteiger partial charge in [-0.1, -0.05) is 32.1 Å². The van der Waals surface area contributed by atoms with Crippen LogP contribution < -0.4 is 5.73 Å². The van der Waals surface area contributed by atoms with Crippen molar-refractivity contribution in [2.45, 2.75) is 50.1 Å². The van der Waals surface area contributed by atoms with E-state index in [2.05, 4.69) is 11.4 Å². The van der Waals surface area contributed by atoms with E-state index in [1.54, 1.807) is 16.4 Å². The van der Waals surface area contributed by atoms with Gasteiger partial charge in [-0.2, -0.15) is 4.31 Å². The van der Waals surface area contributed by atoms with Gasteiger partial charge in [0.2, 0.25) is 0 Å². The Labute approximate surface area is 139 Å². The maximum atomic E-state index is 12.9. The minimum atomic E-state index is -3.53. The Morgan fingerprint density at radius 1 is 1.22 bits per heavy atom. The molecule has 2 N–H and O–H groups in total. The van der Waals surface area contributed by atoms with E-state index in [4.69, 9.17) is 5.73 Å². The smallest absolute Gasteiger partial charge is 0.260 e. The van der Waals surface area contributed by atoms with Gasteiger partial charge in [-0.3, -0.25) is 0 Å². The first-order chi connectivity index (χ1) is 11.1. The summed E-state index contributed by atoms with van der Waals surface area (Å²) >= 11 is 0. The summed E-state index contributed by atoms with van der Waals surface area (Å²) in [5.41, 5.74) is 6.41. The molecule has 2 aliphatic rings. The molecule has 0 aromatic carbocycles. The van der Waals surface area contributed by atoms with E-state index in [9.17, 15) is 8.42 Å². The van der Waals surface area contributed by atoms with Crippen LogP contribution in [0.1, 0.15) is 44.1 Å². The number of nitrogens with two attached hydrogens (primary N) is 1. The molecule has 6 heteroatoms. The molecule has 1 atom stereocenters. The number of hydrogen-bond donors (Lipinski definition) is 1. The van der Waals surface area contributed by atoms with Crippen LogP contribution in [0.3, 0.4) is 0 Å². The predicted octanol–water partition coefficient (Wildman–Crippen LogP) is 2.34. The third kappa shape index (κ3) is 3.75. The molecule has 1 saturated heterocycles. The van der Waals surface area contributed by atoms with Gasteiger partial charge in [0.25, 0.3) is 10.0 Å². The van der Waals surface area contributed by atoms with Crippen LogP contribution >= 0.6 is 0 Å². The van der Waals surface area contributed by atoms with Crippen molar-refractivity contribution < 1.29 is 8.42 Å². The van der Waals surface area contributed by atoms with Gasteiger partial charge in [-0.15, -0.1) is 0 Å². The monoisotopic (exact) mass is 336 g/mol. The van der Waals surface area contributed by atoms with Crippen molar-refractivity contribution in [3.63, 3.8) is 0 Å². The Morgan fingerprint density at radius 2 is 2.00 bits per heavy atom. The zero-order chi connectivity index (χ0) is 16.3. The Morgan fingerprint density at radius 3 is 2.74 bits per heavy atom. The van der Waals surface area contributed by atoms with Gasteiger partial charge in [-0.25, -0.2) is 13.4 Å². The molecule has 0 bridgehead atoms.